The first-order valence-corrected chi connectivity index (χ1v) is 9.24. The van der Waals surface area contributed by atoms with Crippen LogP contribution in [-0.4, -0.2) is 24.1 Å². The molecular weight excluding hydrogens is 333 g/mol. The first-order chi connectivity index (χ1) is 12.2. The molecular formula is C20H22FN3S. The van der Waals surface area contributed by atoms with Crippen molar-refractivity contribution < 1.29 is 4.39 Å². The second-order valence-corrected chi connectivity index (χ2v) is 7.00. The van der Waals surface area contributed by atoms with Crippen LogP contribution in [0.1, 0.15) is 12.5 Å². The molecule has 5 heteroatoms. The zero-order valence-corrected chi connectivity index (χ0v) is 15.0. The molecule has 3 rings (SSSR count). The van der Waals surface area contributed by atoms with Crippen molar-refractivity contribution in [3.05, 3.63) is 72.3 Å². The van der Waals surface area contributed by atoms with Crippen LogP contribution in [0.15, 0.2) is 65.8 Å². The van der Waals surface area contributed by atoms with Crippen LogP contribution in [0.2, 0.25) is 0 Å². The Labute approximate surface area is 152 Å². The van der Waals surface area contributed by atoms with Gasteiger partial charge in [0, 0.05) is 35.3 Å². The van der Waals surface area contributed by atoms with Gasteiger partial charge in [0.2, 0.25) is 0 Å². The smallest absolute Gasteiger partial charge is 0.123 e. The number of rotatable bonds is 8. The standard InChI is InChI=1S/C20H22FN3S/c1-15(13-22-9-7-16-3-2-4-19(21)11-16)24-25-20-6-5-18-14-23-10-8-17(18)12-20/h2-6,8,10-12,14-15,22,24H,7,9,13H2,1H3/t15-/m1/s1. The van der Waals surface area contributed by atoms with Gasteiger partial charge in [0.25, 0.3) is 0 Å². The Bertz CT molecular complexity index is 825. The topological polar surface area (TPSA) is 37.0 Å². The number of nitrogens with zero attached hydrogens (tertiary/aromatic N) is 1. The van der Waals surface area contributed by atoms with E-state index < -0.39 is 0 Å². The molecule has 1 aromatic heterocycles. The predicted octanol–water partition coefficient (Wildman–Crippen LogP) is 4.19. The largest absolute Gasteiger partial charge is 0.315 e. The van der Waals surface area contributed by atoms with Gasteiger partial charge >= 0.3 is 0 Å². The summed E-state index contributed by atoms with van der Waals surface area (Å²) in [5, 5.41) is 5.76. The molecule has 130 valence electrons. The average Bonchev–Trinajstić information content (AvgIpc) is 2.63. The minimum atomic E-state index is -0.171. The van der Waals surface area contributed by atoms with Crippen molar-refractivity contribution >= 4 is 22.7 Å². The summed E-state index contributed by atoms with van der Waals surface area (Å²) in [4.78, 5) is 5.32. The van der Waals surface area contributed by atoms with E-state index in [-0.39, 0.29) is 5.82 Å². The number of fused-ring (bicyclic) bond motifs is 1. The molecule has 0 spiro atoms. The lowest BCUT2D eigenvalue weighted by atomic mass is 10.1. The molecule has 0 fully saturated rings. The summed E-state index contributed by atoms with van der Waals surface area (Å²) in [5.41, 5.74) is 1.02. The minimum absolute atomic E-state index is 0.171. The summed E-state index contributed by atoms with van der Waals surface area (Å²) in [5.74, 6) is -0.171. The van der Waals surface area contributed by atoms with Crippen molar-refractivity contribution in [2.45, 2.75) is 24.3 Å². The molecule has 0 saturated carbocycles. The second kappa shape index (κ2) is 8.94. The molecule has 25 heavy (non-hydrogen) atoms. The average molecular weight is 355 g/mol. The molecule has 3 aromatic rings. The van der Waals surface area contributed by atoms with Crippen molar-refractivity contribution in [2.24, 2.45) is 0 Å². The second-order valence-electron chi connectivity index (χ2n) is 6.09. The predicted molar refractivity (Wildman–Crippen MR) is 103 cm³/mol. The van der Waals surface area contributed by atoms with E-state index in [4.69, 9.17) is 0 Å². The van der Waals surface area contributed by atoms with Gasteiger partial charge in [0.15, 0.2) is 0 Å². The van der Waals surface area contributed by atoms with Gasteiger partial charge in [-0.3, -0.25) is 9.71 Å². The number of benzene rings is 2. The van der Waals surface area contributed by atoms with E-state index in [2.05, 4.69) is 40.1 Å². The SMILES string of the molecule is C[C@H](CNCCc1cccc(F)c1)NSc1ccc2cnccc2c1. The molecule has 0 amide bonds. The van der Waals surface area contributed by atoms with Crippen molar-refractivity contribution in [3.63, 3.8) is 0 Å². The van der Waals surface area contributed by atoms with E-state index in [0.717, 1.165) is 30.5 Å². The number of hydrogen-bond donors (Lipinski definition) is 2. The van der Waals surface area contributed by atoms with E-state index in [1.807, 2.05) is 24.5 Å². The maximum absolute atomic E-state index is 13.1. The zero-order chi connectivity index (χ0) is 17.5. The van der Waals surface area contributed by atoms with E-state index in [1.165, 1.54) is 16.3 Å². The Morgan fingerprint density at radius 1 is 1.12 bits per heavy atom. The van der Waals surface area contributed by atoms with Gasteiger partial charge in [-0.05, 0) is 73.1 Å². The summed E-state index contributed by atoms with van der Waals surface area (Å²) < 4.78 is 16.6. The maximum Gasteiger partial charge on any atom is 0.123 e. The van der Waals surface area contributed by atoms with E-state index in [9.17, 15) is 4.39 Å². The molecule has 2 N–H and O–H groups in total. The van der Waals surface area contributed by atoms with Gasteiger partial charge in [0.05, 0.1) is 0 Å². The monoisotopic (exact) mass is 355 g/mol. The van der Waals surface area contributed by atoms with Crippen molar-refractivity contribution in [2.75, 3.05) is 13.1 Å². The Balaban J connectivity index is 1.39. The van der Waals surface area contributed by atoms with Crippen LogP contribution in [0, 0.1) is 5.82 Å². The summed E-state index contributed by atoms with van der Waals surface area (Å²) in [6.07, 6.45) is 4.52. The third-order valence-electron chi connectivity index (χ3n) is 3.92. The molecule has 0 aliphatic carbocycles. The van der Waals surface area contributed by atoms with Gasteiger partial charge in [0.1, 0.15) is 5.82 Å². The molecule has 0 unspecified atom stereocenters. The lowest BCUT2D eigenvalue weighted by Gasteiger charge is -2.14. The third kappa shape index (κ3) is 5.53. The maximum atomic E-state index is 13.1. The van der Waals surface area contributed by atoms with Crippen LogP contribution < -0.4 is 10.0 Å². The normalized spacial score (nSPS) is 12.4. The zero-order valence-electron chi connectivity index (χ0n) is 14.2. The Kier molecular flexibility index (Phi) is 6.39. The Hall–Kier alpha value is -1.95. The quantitative estimate of drug-likeness (QED) is 0.469. The van der Waals surface area contributed by atoms with E-state index in [1.54, 1.807) is 24.1 Å². The van der Waals surface area contributed by atoms with E-state index >= 15 is 0 Å². The molecule has 0 aliphatic heterocycles. The number of halogens is 1. The summed E-state index contributed by atoms with van der Waals surface area (Å²) in [6, 6.07) is 15.5. The molecule has 3 nitrogen and oxygen atoms in total. The van der Waals surface area contributed by atoms with Crippen LogP contribution in [0.25, 0.3) is 10.8 Å². The highest BCUT2D eigenvalue weighted by molar-refractivity contribution is 7.97. The molecule has 1 atom stereocenters. The minimum Gasteiger partial charge on any atom is -0.315 e. The number of aromatic nitrogens is 1. The van der Waals surface area contributed by atoms with Crippen molar-refractivity contribution in [1.82, 2.24) is 15.0 Å². The fourth-order valence-electron chi connectivity index (χ4n) is 2.58. The summed E-state index contributed by atoms with van der Waals surface area (Å²) in [6.45, 7) is 3.84. The van der Waals surface area contributed by atoms with Crippen molar-refractivity contribution in [3.8, 4) is 0 Å². The first kappa shape index (κ1) is 17.9. The fourth-order valence-corrected chi connectivity index (χ4v) is 3.32. The number of nitrogens with one attached hydrogen (secondary N) is 2. The van der Waals surface area contributed by atoms with Crippen LogP contribution in [0.5, 0.6) is 0 Å². The lowest BCUT2D eigenvalue weighted by Crippen LogP contribution is -2.33. The highest BCUT2D eigenvalue weighted by Gasteiger charge is 2.03. The van der Waals surface area contributed by atoms with Gasteiger partial charge < -0.3 is 5.32 Å². The van der Waals surface area contributed by atoms with Gasteiger partial charge in [-0.1, -0.05) is 18.2 Å². The molecule has 1 heterocycles. The first-order valence-electron chi connectivity index (χ1n) is 8.42. The van der Waals surface area contributed by atoms with Gasteiger partial charge in [-0.25, -0.2) is 4.39 Å². The van der Waals surface area contributed by atoms with Crippen LogP contribution >= 0.6 is 11.9 Å². The summed E-state index contributed by atoms with van der Waals surface area (Å²) >= 11 is 1.64. The lowest BCUT2D eigenvalue weighted by molar-refractivity contribution is 0.583. The summed E-state index contributed by atoms with van der Waals surface area (Å²) in [7, 11) is 0. The molecule has 0 bridgehead atoms. The number of hydrogen-bond acceptors (Lipinski definition) is 4. The highest BCUT2D eigenvalue weighted by atomic mass is 32.2. The molecule has 0 radical (unpaired) electrons. The van der Waals surface area contributed by atoms with Gasteiger partial charge in [-0.2, -0.15) is 0 Å². The Morgan fingerprint density at radius 3 is 2.92 bits per heavy atom. The van der Waals surface area contributed by atoms with Crippen LogP contribution in [0.3, 0.4) is 0 Å². The fraction of sp³-hybridized carbons (Fsp3) is 0.250. The number of pyridine rings is 1. The third-order valence-corrected chi connectivity index (χ3v) is 4.93. The molecule has 0 saturated heterocycles. The van der Waals surface area contributed by atoms with Crippen LogP contribution in [0.4, 0.5) is 4.39 Å². The van der Waals surface area contributed by atoms with Crippen molar-refractivity contribution in [1.29, 1.82) is 0 Å². The Morgan fingerprint density at radius 2 is 2.04 bits per heavy atom. The molecule has 0 aliphatic rings. The van der Waals surface area contributed by atoms with Gasteiger partial charge in [-0.15, -0.1) is 0 Å². The molecule has 2 aromatic carbocycles. The van der Waals surface area contributed by atoms with Crippen LogP contribution in [-0.2, 0) is 6.42 Å². The highest BCUT2D eigenvalue weighted by Crippen LogP contribution is 2.21. The van der Waals surface area contributed by atoms with E-state index in [0.29, 0.717) is 6.04 Å².